The predicted octanol–water partition coefficient (Wildman–Crippen LogP) is 2.84. The molecule has 6 nitrogen and oxygen atoms in total. The number of nitrogens with one attached hydrogen (secondary N) is 1. The topological polar surface area (TPSA) is 63.7 Å². The van der Waals surface area contributed by atoms with Gasteiger partial charge in [0, 0.05) is 19.0 Å². The molecule has 2 heterocycles. The van der Waals surface area contributed by atoms with E-state index in [1.165, 1.54) is 11.3 Å². The first-order valence-electron chi connectivity index (χ1n) is 6.44. The Balaban J connectivity index is 1.62. The van der Waals surface area contributed by atoms with Crippen molar-refractivity contribution in [3.05, 3.63) is 34.8 Å². The van der Waals surface area contributed by atoms with E-state index >= 15 is 0 Å². The van der Waals surface area contributed by atoms with Gasteiger partial charge in [-0.25, -0.2) is 9.78 Å². The number of amides is 2. The first-order chi connectivity index (χ1) is 10.1. The molecule has 1 aromatic carbocycles. The summed E-state index contributed by atoms with van der Waals surface area (Å²) in [7, 11) is 1.74. The van der Waals surface area contributed by atoms with Crippen molar-refractivity contribution in [1.82, 2.24) is 9.88 Å². The number of hydrogen-bond acceptors (Lipinski definition) is 5. The lowest BCUT2D eigenvalue weighted by Crippen LogP contribution is -2.30. The molecule has 0 radical (unpaired) electrons. The highest BCUT2D eigenvalue weighted by Crippen LogP contribution is 2.32. The second-order valence-electron chi connectivity index (χ2n) is 4.77. The van der Waals surface area contributed by atoms with Crippen LogP contribution >= 0.6 is 11.3 Å². The van der Waals surface area contributed by atoms with Crippen molar-refractivity contribution in [3.8, 4) is 11.5 Å². The minimum absolute atomic E-state index is 0.193. The SMILES string of the molecule is Cc1csc(NC(=O)N(C)Cc2ccc3c(c2)OCO3)n1. The molecular weight excluding hydrogens is 290 g/mol. The molecule has 0 bridgehead atoms. The summed E-state index contributed by atoms with van der Waals surface area (Å²) in [6.45, 7) is 2.62. The van der Waals surface area contributed by atoms with Crippen LogP contribution in [0.4, 0.5) is 9.93 Å². The molecule has 0 fully saturated rings. The van der Waals surface area contributed by atoms with Gasteiger partial charge in [0.15, 0.2) is 16.6 Å². The zero-order chi connectivity index (χ0) is 14.8. The molecule has 1 aromatic heterocycles. The van der Waals surface area contributed by atoms with Gasteiger partial charge in [-0.3, -0.25) is 5.32 Å². The van der Waals surface area contributed by atoms with Gasteiger partial charge in [-0.1, -0.05) is 6.07 Å². The molecule has 1 N–H and O–H groups in total. The Morgan fingerprint density at radius 3 is 3.00 bits per heavy atom. The average Bonchev–Trinajstić information content (AvgIpc) is 3.07. The molecule has 0 unspecified atom stereocenters. The molecule has 0 atom stereocenters. The molecule has 0 saturated heterocycles. The molecule has 0 spiro atoms. The maximum atomic E-state index is 12.1. The average molecular weight is 305 g/mol. The third-order valence-corrected chi connectivity index (χ3v) is 3.91. The summed E-state index contributed by atoms with van der Waals surface area (Å²) in [6, 6.07) is 5.47. The van der Waals surface area contributed by atoms with Gasteiger partial charge in [-0.2, -0.15) is 0 Å². The van der Waals surface area contributed by atoms with Crippen LogP contribution in [0.2, 0.25) is 0 Å². The Morgan fingerprint density at radius 1 is 1.43 bits per heavy atom. The molecule has 0 saturated carbocycles. The number of urea groups is 1. The maximum absolute atomic E-state index is 12.1. The van der Waals surface area contributed by atoms with E-state index in [0.29, 0.717) is 11.7 Å². The Kier molecular flexibility index (Phi) is 3.66. The molecule has 0 aliphatic carbocycles. The van der Waals surface area contributed by atoms with Crippen molar-refractivity contribution in [2.45, 2.75) is 13.5 Å². The van der Waals surface area contributed by atoms with E-state index in [0.717, 1.165) is 22.8 Å². The minimum atomic E-state index is -0.193. The summed E-state index contributed by atoms with van der Waals surface area (Å²) >= 11 is 1.41. The van der Waals surface area contributed by atoms with Crippen LogP contribution in [0.5, 0.6) is 11.5 Å². The Labute approximate surface area is 126 Å². The van der Waals surface area contributed by atoms with Crippen LogP contribution in [-0.2, 0) is 6.54 Å². The van der Waals surface area contributed by atoms with Gasteiger partial charge in [0.1, 0.15) is 0 Å². The normalized spacial score (nSPS) is 12.3. The number of carbonyl (C=O) groups is 1. The maximum Gasteiger partial charge on any atom is 0.323 e. The molecule has 1 aliphatic rings. The molecule has 7 heteroatoms. The van der Waals surface area contributed by atoms with Crippen LogP contribution in [0.25, 0.3) is 0 Å². The van der Waals surface area contributed by atoms with Gasteiger partial charge in [0.2, 0.25) is 6.79 Å². The monoisotopic (exact) mass is 305 g/mol. The number of hydrogen-bond donors (Lipinski definition) is 1. The highest BCUT2D eigenvalue weighted by Gasteiger charge is 2.16. The van der Waals surface area contributed by atoms with Gasteiger partial charge < -0.3 is 14.4 Å². The van der Waals surface area contributed by atoms with Gasteiger partial charge >= 0.3 is 6.03 Å². The van der Waals surface area contributed by atoms with Crippen molar-refractivity contribution in [3.63, 3.8) is 0 Å². The molecular formula is C14H15N3O3S. The molecule has 1 aliphatic heterocycles. The summed E-state index contributed by atoms with van der Waals surface area (Å²) in [4.78, 5) is 17.9. The van der Waals surface area contributed by atoms with E-state index < -0.39 is 0 Å². The molecule has 21 heavy (non-hydrogen) atoms. The largest absolute Gasteiger partial charge is 0.454 e. The number of aromatic nitrogens is 1. The third kappa shape index (κ3) is 3.08. The second-order valence-corrected chi connectivity index (χ2v) is 5.63. The number of thiazole rings is 1. The number of anilines is 1. The standard InChI is InChI=1S/C14H15N3O3S/c1-9-7-21-13(15-9)16-14(18)17(2)6-10-3-4-11-12(5-10)20-8-19-11/h3-5,7H,6,8H2,1-2H3,(H,15,16,18). The number of carbonyl (C=O) groups excluding carboxylic acids is 1. The quantitative estimate of drug-likeness (QED) is 0.947. The predicted molar refractivity (Wildman–Crippen MR) is 79.9 cm³/mol. The van der Waals surface area contributed by atoms with Crippen molar-refractivity contribution >= 4 is 22.5 Å². The van der Waals surface area contributed by atoms with Crippen LogP contribution < -0.4 is 14.8 Å². The first-order valence-corrected chi connectivity index (χ1v) is 7.32. The highest BCUT2D eigenvalue weighted by molar-refractivity contribution is 7.13. The number of benzene rings is 1. The van der Waals surface area contributed by atoms with Gasteiger partial charge in [-0.05, 0) is 24.6 Å². The van der Waals surface area contributed by atoms with Gasteiger partial charge in [0.05, 0.1) is 5.69 Å². The number of fused-ring (bicyclic) bond motifs is 1. The van der Waals surface area contributed by atoms with E-state index in [1.807, 2.05) is 30.5 Å². The number of aryl methyl sites for hydroxylation is 1. The van der Waals surface area contributed by atoms with Crippen LogP contribution in [-0.4, -0.2) is 29.8 Å². The minimum Gasteiger partial charge on any atom is -0.454 e. The summed E-state index contributed by atoms with van der Waals surface area (Å²) in [5, 5.41) is 5.28. The summed E-state index contributed by atoms with van der Waals surface area (Å²) in [6.07, 6.45) is 0. The number of nitrogens with zero attached hydrogens (tertiary/aromatic N) is 2. The van der Waals surface area contributed by atoms with Crippen LogP contribution in [0.1, 0.15) is 11.3 Å². The van der Waals surface area contributed by atoms with E-state index in [1.54, 1.807) is 11.9 Å². The zero-order valence-corrected chi connectivity index (χ0v) is 12.6. The van der Waals surface area contributed by atoms with E-state index in [4.69, 9.17) is 9.47 Å². The van der Waals surface area contributed by atoms with Crippen molar-refractivity contribution < 1.29 is 14.3 Å². The van der Waals surface area contributed by atoms with Crippen LogP contribution in [0, 0.1) is 6.92 Å². The van der Waals surface area contributed by atoms with E-state index in [9.17, 15) is 4.79 Å². The summed E-state index contributed by atoms with van der Waals surface area (Å²) < 4.78 is 10.6. The van der Waals surface area contributed by atoms with Crippen molar-refractivity contribution in [1.29, 1.82) is 0 Å². The van der Waals surface area contributed by atoms with Gasteiger partial charge in [-0.15, -0.1) is 11.3 Å². The van der Waals surface area contributed by atoms with Crippen molar-refractivity contribution in [2.75, 3.05) is 19.2 Å². The van der Waals surface area contributed by atoms with Crippen molar-refractivity contribution in [2.24, 2.45) is 0 Å². The summed E-state index contributed by atoms with van der Waals surface area (Å²) in [5.41, 5.74) is 1.88. The lowest BCUT2D eigenvalue weighted by molar-refractivity contribution is 0.174. The first kappa shape index (κ1) is 13.7. The molecule has 110 valence electrons. The fourth-order valence-electron chi connectivity index (χ4n) is 1.98. The molecule has 2 amide bonds. The number of rotatable bonds is 3. The van der Waals surface area contributed by atoms with Crippen LogP contribution in [0.15, 0.2) is 23.6 Å². The second kappa shape index (κ2) is 5.61. The third-order valence-electron chi connectivity index (χ3n) is 3.04. The zero-order valence-electron chi connectivity index (χ0n) is 11.8. The summed E-state index contributed by atoms with van der Waals surface area (Å²) in [5.74, 6) is 1.46. The fraction of sp³-hybridized carbons (Fsp3) is 0.286. The van der Waals surface area contributed by atoms with E-state index in [-0.39, 0.29) is 12.8 Å². The molecule has 2 aromatic rings. The lowest BCUT2D eigenvalue weighted by atomic mass is 10.2. The lowest BCUT2D eigenvalue weighted by Gasteiger charge is -2.17. The Hall–Kier alpha value is -2.28. The van der Waals surface area contributed by atoms with Crippen LogP contribution in [0.3, 0.4) is 0 Å². The molecule has 3 rings (SSSR count). The fourth-order valence-corrected chi connectivity index (χ4v) is 2.66. The van der Waals surface area contributed by atoms with E-state index in [2.05, 4.69) is 10.3 Å². The highest BCUT2D eigenvalue weighted by atomic mass is 32.1. The Morgan fingerprint density at radius 2 is 2.24 bits per heavy atom. The smallest absolute Gasteiger partial charge is 0.323 e. The number of ether oxygens (including phenoxy) is 2. The van der Waals surface area contributed by atoms with Gasteiger partial charge in [0.25, 0.3) is 0 Å². The Bertz CT molecular complexity index is 671.